The lowest BCUT2D eigenvalue weighted by atomic mass is 9.41. The highest BCUT2D eigenvalue weighted by Crippen LogP contribution is 2.89. The number of ether oxygens (including phenoxy) is 2. The number of hydrogen-bond acceptors (Lipinski definition) is 7. The highest BCUT2D eigenvalue weighted by atomic mass is 16.5. The number of hydrogen-bond donors (Lipinski definition) is 4. The Bertz CT molecular complexity index is 1120. The SMILES string of the molecule is CC(C)C(N)C(=O)O[C@H]1CC2C3(CC[C@]4(C)[C@@H]([C@@]5(C)CCC(C(C)(C)O)O5)[C@@H](O)C[C@@]24C)CC32CC[C@H](O)C(C)(C)[C@H]12. The fraction of sp³-hybridized carbons (Fsp3) is 0.971. The number of nitrogens with two attached hydrogens (primary N) is 1. The Morgan fingerprint density at radius 1 is 0.952 bits per heavy atom. The van der Waals surface area contributed by atoms with Crippen molar-refractivity contribution in [3.8, 4) is 0 Å². The van der Waals surface area contributed by atoms with Crippen LogP contribution < -0.4 is 5.73 Å². The Hall–Kier alpha value is -0.730. The number of carbonyl (C=O) groups excluding carboxylic acids is 1. The number of aliphatic hydroxyl groups excluding tert-OH is 2. The molecule has 0 aromatic heterocycles. The minimum atomic E-state index is -0.923. The molecule has 1 aliphatic heterocycles. The van der Waals surface area contributed by atoms with Crippen molar-refractivity contribution in [2.24, 2.45) is 56.5 Å². The minimum Gasteiger partial charge on any atom is -0.461 e. The molecule has 13 atom stereocenters. The molecule has 42 heavy (non-hydrogen) atoms. The number of fused-ring (bicyclic) bond motifs is 2. The quantitative estimate of drug-likeness (QED) is 0.334. The van der Waals surface area contributed by atoms with Crippen molar-refractivity contribution < 1.29 is 29.6 Å². The number of rotatable bonds is 5. The van der Waals surface area contributed by atoms with Crippen molar-refractivity contribution in [3.63, 3.8) is 0 Å². The Morgan fingerprint density at radius 2 is 1.62 bits per heavy atom. The van der Waals surface area contributed by atoms with Gasteiger partial charge in [0.2, 0.25) is 0 Å². The van der Waals surface area contributed by atoms with E-state index in [9.17, 15) is 20.1 Å². The van der Waals surface area contributed by atoms with E-state index < -0.39 is 29.5 Å². The van der Waals surface area contributed by atoms with E-state index in [0.717, 1.165) is 51.4 Å². The molecule has 0 radical (unpaired) electrons. The molecule has 6 fully saturated rings. The first-order valence-corrected chi connectivity index (χ1v) is 16.9. The van der Waals surface area contributed by atoms with Crippen LogP contribution in [0.4, 0.5) is 0 Å². The molecule has 6 rings (SSSR count). The average Bonchev–Trinajstić information content (AvgIpc) is 3.24. The van der Waals surface area contributed by atoms with Crippen molar-refractivity contribution in [2.75, 3.05) is 0 Å². The predicted molar refractivity (Wildman–Crippen MR) is 161 cm³/mol. The second kappa shape index (κ2) is 9.18. The zero-order valence-corrected chi connectivity index (χ0v) is 27.7. The van der Waals surface area contributed by atoms with E-state index >= 15 is 0 Å². The molecule has 5 unspecified atom stereocenters. The summed E-state index contributed by atoms with van der Waals surface area (Å²) < 4.78 is 13.2. The Balaban J connectivity index is 1.39. The molecule has 240 valence electrons. The Kier molecular flexibility index (Phi) is 6.83. The van der Waals surface area contributed by atoms with Gasteiger partial charge in [-0.05, 0) is 117 Å². The van der Waals surface area contributed by atoms with E-state index in [1.165, 1.54) is 0 Å². The molecule has 1 saturated heterocycles. The number of aliphatic hydroxyl groups is 3. The van der Waals surface area contributed by atoms with Crippen LogP contribution in [0, 0.1) is 50.7 Å². The molecule has 0 aromatic carbocycles. The third kappa shape index (κ3) is 3.85. The Labute approximate surface area is 253 Å². The molecule has 7 heteroatoms. The first-order chi connectivity index (χ1) is 19.2. The molecular formula is C35H59NO6. The van der Waals surface area contributed by atoms with Gasteiger partial charge in [0.15, 0.2) is 0 Å². The van der Waals surface area contributed by atoms with E-state index in [2.05, 4.69) is 34.6 Å². The fourth-order valence-electron chi connectivity index (χ4n) is 12.7. The molecule has 2 spiro atoms. The van der Waals surface area contributed by atoms with Gasteiger partial charge in [-0.1, -0.05) is 41.5 Å². The van der Waals surface area contributed by atoms with Gasteiger partial charge in [0.05, 0.1) is 29.5 Å². The molecule has 0 amide bonds. The van der Waals surface area contributed by atoms with E-state index in [1.807, 2.05) is 27.7 Å². The molecule has 0 aromatic rings. The number of esters is 1. The lowest BCUT2D eigenvalue weighted by Crippen LogP contribution is -2.63. The standard InChI is InChI=1S/C35H59NO6/c1-19(2)25(36)28(39)41-21-16-22-32(8)17-20(37)26(33(9)12-11-24(42-33)30(5,6)40)31(32,7)14-15-34(22)18-35(34)13-10-23(38)29(3,4)27(21)35/h19-27,37-38,40H,10-18,36H2,1-9H3/t20-,21-,22?,23-,24?,25?,26-,27-,31+,32-,33+,34?,35?/m0/s1. The highest BCUT2D eigenvalue weighted by molar-refractivity contribution is 5.76. The van der Waals surface area contributed by atoms with Crippen LogP contribution in [0.25, 0.3) is 0 Å². The van der Waals surface area contributed by atoms with Crippen LogP contribution in [0.3, 0.4) is 0 Å². The maximum absolute atomic E-state index is 13.4. The highest BCUT2D eigenvalue weighted by Gasteiger charge is 2.85. The summed E-state index contributed by atoms with van der Waals surface area (Å²) in [5, 5.41) is 34.0. The van der Waals surface area contributed by atoms with Gasteiger partial charge in [0.25, 0.3) is 0 Å². The smallest absolute Gasteiger partial charge is 0.323 e. The van der Waals surface area contributed by atoms with Crippen molar-refractivity contribution in [3.05, 3.63) is 0 Å². The van der Waals surface area contributed by atoms with Crippen molar-refractivity contribution >= 4 is 5.97 Å². The third-order valence-corrected chi connectivity index (χ3v) is 15.0. The molecule has 6 aliphatic rings. The summed E-state index contributed by atoms with van der Waals surface area (Å²) in [5.74, 6) is 0.0143. The molecule has 1 heterocycles. The van der Waals surface area contributed by atoms with Gasteiger partial charge in [0.1, 0.15) is 12.1 Å². The molecule has 5 saturated carbocycles. The average molecular weight is 590 g/mol. The van der Waals surface area contributed by atoms with Gasteiger partial charge in [-0.25, -0.2) is 0 Å². The molecule has 5 aliphatic carbocycles. The topological polar surface area (TPSA) is 122 Å². The molecule has 5 N–H and O–H groups in total. The van der Waals surface area contributed by atoms with Crippen LogP contribution in [0.5, 0.6) is 0 Å². The summed E-state index contributed by atoms with van der Waals surface area (Å²) in [7, 11) is 0. The lowest BCUT2D eigenvalue weighted by molar-refractivity contribution is -0.221. The predicted octanol–water partition coefficient (Wildman–Crippen LogP) is 4.97. The summed E-state index contributed by atoms with van der Waals surface area (Å²) in [4.78, 5) is 13.4. The third-order valence-electron chi connectivity index (χ3n) is 15.0. The zero-order chi connectivity index (χ0) is 31.1. The van der Waals surface area contributed by atoms with Crippen molar-refractivity contribution in [1.82, 2.24) is 0 Å². The fourth-order valence-corrected chi connectivity index (χ4v) is 12.7. The largest absolute Gasteiger partial charge is 0.461 e. The minimum absolute atomic E-state index is 0.0128. The summed E-state index contributed by atoms with van der Waals surface area (Å²) in [6, 6.07) is -0.670. The van der Waals surface area contributed by atoms with Gasteiger partial charge in [-0.2, -0.15) is 0 Å². The van der Waals surface area contributed by atoms with E-state index in [1.54, 1.807) is 0 Å². The van der Waals surface area contributed by atoms with Gasteiger partial charge < -0.3 is 30.5 Å². The molecular weight excluding hydrogens is 530 g/mol. The monoisotopic (exact) mass is 589 g/mol. The number of carbonyl (C=O) groups is 1. The maximum Gasteiger partial charge on any atom is 0.323 e. The van der Waals surface area contributed by atoms with Crippen LogP contribution in [0.15, 0.2) is 0 Å². The van der Waals surface area contributed by atoms with Gasteiger partial charge in [-0.15, -0.1) is 0 Å². The second-order valence-corrected chi connectivity index (χ2v) is 18.1. The summed E-state index contributed by atoms with van der Waals surface area (Å²) in [6.07, 6.45) is 6.64. The van der Waals surface area contributed by atoms with Crippen LogP contribution >= 0.6 is 0 Å². The normalized spacial score (nSPS) is 53.5. The zero-order valence-electron chi connectivity index (χ0n) is 27.7. The van der Waals surface area contributed by atoms with Gasteiger partial charge in [0, 0.05) is 11.8 Å². The van der Waals surface area contributed by atoms with Crippen molar-refractivity contribution in [2.45, 2.75) is 162 Å². The second-order valence-electron chi connectivity index (χ2n) is 18.1. The van der Waals surface area contributed by atoms with E-state index in [0.29, 0.717) is 12.3 Å². The summed E-state index contributed by atoms with van der Waals surface area (Å²) in [5.41, 5.74) is 4.40. The first-order valence-electron chi connectivity index (χ1n) is 16.9. The van der Waals surface area contributed by atoms with Crippen LogP contribution in [0.1, 0.15) is 120 Å². The van der Waals surface area contributed by atoms with Crippen LogP contribution in [-0.2, 0) is 14.3 Å². The van der Waals surface area contributed by atoms with Gasteiger partial charge in [-0.3, -0.25) is 4.79 Å². The summed E-state index contributed by atoms with van der Waals surface area (Å²) >= 11 is 0. The summed E-state index contributed by atoms with van der Waals surface area (Å²) in [6.45, 7) is 18.9. The van der Waals surface area contributed by atoms with E-state index in [-0.39, 0.29) is 63.0 Å². The van der Waals surface area contributed by atoms with Crippen LogP contribution in [0.2, 0.25) is 0 Å². The van der Waals surface area contributed by atoms with Gasteiger partial charge >= 0.3 is 5.97 Å². The van der Waals surface area contributed by atoms with Crippen molar-refractivity contribution in [1.29, 1.82) is 0 Å². The van der Waals surface area contributed by atoms with E-state index in [4.69, 9.17) is 15.2 Å². The lowest BCUT2D eigenvalue weighted by Gasteiger charge is -2.64. The first kappa shape index (κ1) is 31.3. The molecule has 0 bridgehead atoms. The van der Waals surface area contributed by atoms with Crippen LogP contribution in [-0.4, -0.2) is 62.9 Å². The molecule has 7 nitrogen and oxygen atoms in total. The Morgan fingerprint density at radius 3 is 2.21 bits per heavy atom. The maximum atomic E-state index is 13.4.